The number of fused-ring (bicyclic) bond motifs is 1. The van der Waals surface area contributed by atoms with Gasteiger partial charge in [0.15, 0.2) is 11.5 Å². The zero-order chi connectivity index (χ0) is 39.6. The number of piperazine rings is 1. The molecule has 2 N–H and O–H groups in total. The summed E-state index contributed by atoms with van der Waals surface area (Å²) in [6.45, 7) is 5.91. The van der Waals surface area contributed by atoms with Crippen LogP contribution in [0.5, 0.6) is 5.75 Å². The number of halogens is 2. The van der Waals surface area contributed by atoms with Crippen molar-refractivity contribution in [3.8, 4) is 11.8 Å². The van der Waals surface area contributed by atoms with Gasteiger partial charge in [0.25, 0.3) is 11.8 Å². The van der Waals surface area contributed by atoms with E-state index in [9.17, 15) is 19.2 Å². The highest BCUT2D eigenvalue weighted by Crippen LogP contribution is 2.32. The summed E-state index contributed by atoms with van der Waals surface area (Å²) >= 11 is 6.14. The van der Waals surface area contributed by atoms with E-state index in [-0.39, 0.29) is 48.9 Å². The van der Waals surface area contributed by atoms with Crippen molar-refractivity contribution in [2.24, 2.45) is 0 Å². The van der Waals surface area contributed by atoms with Crippen molar-refractivity contribution in [2.75, 3.05) is 44.2 Å². The lowest BCUT2D eigenvalue weighted by atomic mass is 9.93. The second kappa shape index (κ2) is 16.7. The summed E-state index contributed by atoms with van der Waals surface area (Å²) in [5.74, 6) is -0.758. The van der Waals surface area contributed by atoms with Crippen LogP contribution in [0.1, 0.15) is 88.9 Å². The normalized spacial score (nSPS) is 23.5. The van der Waals surface area contributed by atoms with Gasteiger partial charge in [0.2, 0.25) is 11.8 Å². The standard InChI is InChI=1S/C41H45ClFN9O5/c42-32-21-31(4-1-26(32)22-44)57-30-5-2-28(3-6-30)45-39(54)34-7-9-36(48-47-34)51-13-11-29(12-14-51)50-17-15-49(16-18-50)23-25-19-27-24-52(41(56)38(27)33(43)20-25)35-8-10-37(53)46-40(35)55/h1,4,7,9,19-21,28-30,35H,2-3,5-6,8,10-18,23-24H2,(H,45,54)(H,46,53,55). The minimum absolute atomic E-state index is 0.0160. The second-order valence-corrected chi connectivity index (χ2v) is 16.0. The average molecular weight is 798 g/mol. The molecular formula is C41H45ClFN9O5. The average Bonchev–Trinajstić information content (AvgIpc) is 3.54. The van der Waals surface area contributed by atoms with Crippen molar-refractivity contribution >= 4 is 41.0 Å². The Morgan fingerprint density at radius 2 is 1.72 bits per heavy atom. The predicted molar refractivity (Wildman–Crippen MR) is 207 cm³/mol. The molecule has 1 unspecified atom stereocenters. The fourth-order valence-corrected chi connectivity index (χ4v) is 9.08. The predicted octanol–water partition coefficient (Wildman–Crippen LogP) is 3.81. The molecule has 298 valence electrons. The van der Waals surface area contributed by atoms with E-state index in [0.717, 1.165) is 89.2 Å². The fourth-order valence-electron chi connectivity index (χ4n) is 8.87. The number of carbonyl (C=O) groups excluding carboxylic acids is 4. The molecule has 57 heavy (non-hydrogen) atoms. The molecule has 2 aromatic carbocycles. The zero-order valence-corrected chi connectivity index (χ0v) is 32.3. The number of ether oxygens (including phenoxy) is 1. The number of aromatic nitrogens is 2. The lowest BCUT2D eigenvalue weighted by Crippen LogP contribution is -2.53. The number of hydrogen-bond donors (Lipinski definition) is 2. The van der Waals surface area contributed by atoms with E-state index in [0.29, 0.717) is 40.2 Å². The van der Waals surface area contributed by atoms with Crippen LogP contribution in [-0.2, 0) is 22.7 Å². The number of carbonyl (C=O) groups is 4. The quantitative estimate of drug-likeness (QED) is 0.303. The molecule has 0 bridgehead atoms. The van der Waals surface area contributed by atoms with E-state index < -0.39 is 23.7 Å². The first-order chi connectivity index (χ1) is 27.6. The Bertz CT molecular complexity index is 2070. The third kappa shape index (κ3) is 8.58. The molecule has 4 fully saturated rings. The van der Waals surface area contributed by atoms with Gasteiger partial charge in [0.1, 0.15) is 23.7 Å². The van der Waals surface area contributed by atoms with Crippen molar-refractivity contribution < 1.29 is 28.3 Å². The molecule has 1 aromatic heterocycles. The monoisotopic (exact) mass is 797 g/mol. The maximum absolute atomic E-state index is 15.3. The summed E-state index contributed by atoms with van der Waals surface area (Å²) in [4.78, 5) is 58.5. The third-order valence-electron chi connectivity index (χ3n) is 12.0. The second-order valence-electron chi connectivity index (χ2n) is 15.6. The van der Waals surface area contributed by atoms with Gasteiger partial charge < -0.3 is 19.9 Å². The highest BCUT2D eigenvalue weighted by molar-refractivity contribution is 6.31. The number of amides is 4. The van der Waals surface area contributed by atoms with Gasteiger partial charge in [-0.25, -0.2) is 4.39 Å². The summed E-state index contributed by atoms with van der Waals surface area (Å²) in [5.41, 5.74) is 2.12. The van der Waals surface area contributed by atoms with Gasteiger partial charge in [-0.05, 0) is 86.4 Å². The lowest BCUT2D eigenvalue weighted by molar-refractivity contribution is -0.136. The number of benzene rings is 2. The van der Waals surface area contributed by atoms with Crippen LogP contribution in [0.15, 0.2) is 42.5 Å². The molecule has 14 nitrogen and oxygen atoms in total. The molecule has 16 heteroatoms. The summed E-state index contributed by atoms with van der Waals surface area (Å²) in [7, 11) is 0. The van der Waals surface area contributed by atoms with E-state index in [1.54, 1.807) is 24.3 Å². The molecule has 0 spiro atoms. The SMILES string of the molecule is N#Cc1ccc(OC2CCC(NC(=O)c3ccc(N4CCC(N5CCN(Cc6cc(F)c7c(c6)CN(C6CCC(=O)NC6=O)C7=O)CC5)CC4)nn3)CC2)cc1Cl. The van der Waals surface area contributed by atoms with Crippen molar-refractivity contribution in [1.29, 1.82) is 5.26 Å². The molecule has 5 aliphatic rings. The maximum Gasteiger partial charge on any atom is 0.272 e. The molecule has 1 saturated carbocycles. The van der Waals surface area contributed by atoms with Gasteiger partial charge in [-0.1, -0.05) is 17.7 Å². The Hall–Kier alpha value is -5.17. The third-order valence-corrected chi connectivity index (χ3v) is 12.3. The molecule has 1 aliphatic carbocycles. The van der Waals surface area contributed by atoms with Crippen molar-refractivity contribution in [3.63, 3.8) is 0 Å². The topological polar surface area (TPSA) is 164 Å². The molecule has 3 saturated heterocycles. The Labute approximate surface area is 335 Å². The number of imide groups is 1. The van der Waals surface area contributed by atoms with Gasteiger partial charge in [0, 0.05) is 76.9 Å². The number of hydrogen-bond acceptors (Lipinski definition) is 11. The van der Waals surface area contributed by atoms with Gasteiger partial charge in [-0.2, -0.15) is 5.26 Å². The van der Waals surface area contributed by atoms with E-state index in [1.165, 1.54) is 11.0 Å². The molecule has 1 atom stereocenters. The minimum atomic E-state index is -0.772. The van der Waals surface area contributed by atoms with Gasteiger partial charge in [0.05, 0.1) is 22.3 Å². The molecule has 4 amide bonds. The van der Waals surface area contributed by atoms with Crippen LogP contribution in [0.25, 0.3) is 0 Å². The van der Waals surface area contributed by atoms with Crippen LogP contribution >= 0.6 is 11.6 Å². The molecule has 8 rings (SSSR count). The number of piperidine rings is 2. The van der Waals surface area contributed by atoms with Crippen LogP contribution in [0.3, 0.4) is 0 Å². The highest BCUT2D eigenvalue weighted by atomic mass is 35.5. The van der Waals surface area contributed by atoms with Crippen molar-refractivity contribution in [2.45, 2.75) is 88.7 Å². The van der Waals surface area contributed by atoms with Crippen molar-refractivity contribution in [1.82, 2.24) is 35.5 Å². The number of anilines is 1. The van der Waals surface area contributed by atoms with Gasteiger partial charge in [-0.15, -0.1) is 10.2 Å². The molecule has 0 radical (unpaired) electrons. The van der Waals surface area contributed by atoms with Crippen LogP contribution in [0.2, 0.25) is 5.02 Å². The zero-order valence-electron chi connectivity index (χ0n) is 31.6. The van der Waals surface area contributed by atoms with E-state index >= 15 is 4.39 Å². The Morgan fingerprint density at radius 3 is 2.40 bits per heavy atom. The van der Waals surface area contributed by atoms with Crippen molar-refractivity contribution in [3.05, 3.63) is 81.3 Å². The molecule has 4 aliphatic heterocycles. The molecule has 3 aromatic rings. The van der Waals surface area contributed by atoms with Crippen LogP contribution < -0.4 is 20.3 Å². The summed E-state index contributed by atoms with van der Waals surface area (Å²) in [6.07, 6.45) is 5.52. The summed E-state index contributed by atoms with van der Waals surface area (Å²) in [5, 5.41) is 23.5. The highest BCUT2D eigenvalue weighted by Gasteiger charge is 2.41. The molecular weight excluding hydrogens is 753 g/mol. The lowest BCUT2D eigenvalue weighted by Gasteiger charge is -2.43. The van der Waals surface area contributed by atoms with E-state index in [1.807, 2.05) is 18.2 Å². The van der Waals surface area contributed by atoms with Crippen LogP contribution in [-0.4, -0.2) is 112 Å². The van der Waals surface area contributed by atoms with Gasteiger partial charge in [-0.3, -0.25) is 34.3 Å². The Balaban J connectivity index is 0.755. The summed E-state index contributed by atoms with van der Waals surface area (Å²) < 4.78 is 21.3. The number of nitriles is 1. The fraction of sp³-hybridized carbons (Fsp3) is 0.488. The van der Waals surface area contributed by atoms with Crippen LogP contribution in [0, 0.1) is 17.1 Å². The Morgan fingerprint density at radius 1 is 0.947 bits per heavy atom. The smallest absolute Gasteiger partial charge is 0.272 e. The Kier molecular flexibility index (Phi) is 11.4. The molecule has 5 heterocycles. The van der Waals surface area contributed by atoms with Gasteiger partial charge >= 0.3 is 0 Å². The maximum atomic E-state index is 15.3. The number of nitrogens with one attached hydrogen (secondary N) is 2. The number of rotatable bonds is 9. The van der Waals surface area contributed by atoms with Crippen LogP contribution in [0.4, 0.5) is 10.2 Å². The van der Waals surface area contributed by atoms with E-state index in [2.05, 4.69) is 35.5 Å². The largest absolute Gasteiger partial charge is 0.490 e. The minimum Gasteiger partial charge on any atom is -0.490 e. The first kappa shape index (κ1) is 38.7. The summed E-state index contributed by atoms with van der Waals surface area (Å²) in [6, 6.07) is 13.8. The van der Waals surface area contributed by atoms with E-state index in [4.69, 9.17) is 21.6 Å². The number of nitrogens with zero attached hydrogens (tertiary/aromatic N) is 7. The first-order valence-electron chi connectivity index (χ1n) is 19.8. The first-order valence-corrected chi connectivity index (χ1v) is 20.2.